The molecule has 0 radical (unpaired) electrons. The van der Waals surface area contributed by atoms with Gasteiger partial charge in [0.25, 0.3) is 0 Å². The summed E-state index contributed by atoms with van der Waals surface area (Å²) >= 11 is 1.36. The number of nitrogens with zero attached hydrogens (tertiary/aromatic N) is 2. The third-order valence-corrected chi connectivity index (χ3v) is 5.34. The van der Waals surface area contributed by atoms with E-state index in [2.05, 4.69) is 10.3 Å². The van der Waals surface area contributed by atoms with Gasteiger partial charge in [0.2, 0.25) is 11.8 Å². The van der Waals surface area contributed by atoms with E-state index in [0.29, 0.717) is 5.75 Å². The van der Waals surface area contributed by atoms with Crippen LogP contribution in [0.25, 0.3) is 0 Å². The first kappa shape index (κ1) is 18.5. The summed E-state index contributed by atoms with van der Waals surface area (Å²) in [6.45, 7) is 2.76. The van der Waals surface area contributed by atoms with Gasteiger partial charge in [-0.2, -0.15) is 0 Å². The number of likely N-dealkylation sites (tertiary alicyclic amines) is 1. The van der Waals surface area contributed by atoms with Crippen LogP contribution in [-0.2, 0) is 9.59 Å². The topological polar surface area (TPSA) is 62.3 Å². The molecule has 2 aromatic rings. The molecule has 1 aromatic heterocycles. The fraction of sp³-hybridized carbons (Fsp3) is 0.350. The Kier molecular flexibility index (Phi) is 6.28. The maximum atomic E-state index is 12.6. The highest BCUT2D eigenvalue weighted by atomic mass is 32.2. The van der Waals surface area contributed by atoms with Crippen molar-refractivity contribution in [1.29, 1.82) is 0 Å². The van der Waals surface area contributed by atoms with Gasteiger partial charge in [-0.05, 0) is 55.2 Å². The molecule has 1 unspecified atom stereocenters. The van der Waals surface area contributed by atoms with Crippen LogP contribution in [0.15, 0.2) is 48.8 Å². The van der Waals surface area contributed by atoms with Crippen molar-refractivity contribution in [3.63, 3.8) is 0 Å². The van der Waals surface area contributed by atoms with Gasteiger partial charge in [-0.3, -0.25) is 14.6 Å². The smallest absolute Gasteiger partial charge is 0.234 e. The van der Waals surface area contributed by atoms with Crippen LogP contribution in [0.2, 0.25) is 0 Å². The average molecular weight is 369 g/mol. The van der Waals surface area contributed by atoms with Crippen molar-refractivity contribution in [3.8, 4) is 0 Å². The lowest BCUT2D eigenvalue weighted by Gasteiger charge is -2.25. The maximum absolute atomic E-state index is 12.6. The zero-order valence-corrected chi connectivity index (χ0v) is 15.7. The molecule has 1 aromatic carbocycles. The molecule has 26 heavy (non-hydrogen) atoms. The van der Waals surface area contributed by atoms with E-state index in [0.717, 1.165) is 36.2 Å². The van der Waals surface area contributed by atoms with Gasteiger partial charge in [0.05, 0.1) is 17.5 Å². The van der Waals surface area contributed by atoms with E-state index in [1.165, 1.54) is 11.8 Å². The standard InChI is InChI=1S/C20H23N3O2S/c1-15-4-2-5-17(12-15)22-19(24)13-26-14-20(25)23-11-3-6-18(23)16-7-9-21-10-8-16/h2,4-5,7-10,12,18H,3,6,11,13-14H2,1H3,(H,22,24). The monoisotopic (exact) mass is 369 g/mol. The number of aromatic nitrogens is 1. The molecule has 0 bridgehead atoms. The number of benzene rings is 1. The Morgan fingerprint density at radius 2 is 2.04 bits per heavy atom. The fourth-order valence-corrected chi connectivity index (χ4v) is 3.93. The van der Waals surface area contributed by atoms with E-state index >= 15 is 0 Å². The van der Waals surface area contributed by atoms with Crippen LogP contribution in [0.5, 0.6) is 0 Å². The number of hydrogen-bond donors (Lipinski definition) is 1. The second-order valence-electron chi connectivity index (χ2n) is 6.44. The van der Waals surface area contributed by atoms with Crippen LogP contribution in [0.4, 0.5) is 5.69 Å². The minimum absolute atomic E-state index is 0.0829. The molecule has 5 nitrogen and oxygen atoms in total. The highest BCUT2D eigenvalue weighted by molar-refractivity contribution is 8.00. The summed E-state index contributed by atoms with van der Waals surface area (Å²) in [7, 11) is 0. The van der Waals surface area contributed by atoms with Crippen molar-refractivity contribution in [2.75, 3.05) is 23.4 Å². The zero-order valence-electron chi connectivity index (χ0n) is 14.9. The van der Waals surface area contributed by atoms with Gasteiger partial charge in [0, 0.05) is 24.6 Å². The molecule has 1 N–H and O–H groups in total. The SMILES string of the molecule is Cc1cccc(NC(=O)CSCC(=O)N2CCCC2c2ccncc2)c1. The normalized spacial score (nSPS) is 16.5. The Hall–Kier alpha value is -2.34. The quantitative estimate of drug-likeness (QED) is 0.847. The summed E-state index contributed by atoms with van der Waals surface area (Å²) in [5, 5.41) is 2.87. The highest BCUT2D eigenvalue weighted by Gasteiger charge is 2.29. The molecule has 3 rings (SSSR count). The Bertz CT molecular complexity index is 767. The molecule has 1 fully saturated rings. The average Bonchev–Trinajstić information content (AvgIpc) is 3.12. The van der Waals surface area contributed by atoms with Crippen LogP contribution in [0.3, 0.4) is 0 Å². The lowest BCUT2D eigenvalue weighted by Crippen LogP contribution is -2.32. The molecule has 1 aliphatic rings. The second kappa shape index (κ2) is 8.85. The van der Waals surface area contributed by atoms with Crippen molar-refractivity contribution < 1.29 is 9.59 Å². The fourth-order valence-electron chi connectivity index (χ4n) is 3.23. The summed E-state index contributed by atoms with van der Waals surface area (Å²) < 4.78 is 0. The largest absolute Gasteiger partial charge is 0.335 e. The van der Waals surface area contributed by atoms with Crippen LogP contribution < -0.4 is 5.32 Å². The van der Waals surface area contributed by atoms with E-state index in [1.54, 1.807) is 12.4 Å². The minimum Gasteiger partial charge on any atom is -0.335 e. The summed E-state index contributed by atoms with van der Waals surface area (Å²) in [5.74, 6) is 0.606. The molecule has 0 spiro atoms. The number of thioether (sulfide) groups is 1. The molecular weight excluding hydrogens is 346 g/mol. The summed E-state index contributed by atoms with van der Waals surface area (Å²) in [6.07, 6.45) is 5.52. The number of rotatable bonds is 6. The highest BCUT2D eigenvalue weighted by Crippen LogP contribution is 2.31. The van der Waals surface area contributed by atoms with Crippen LogP contribution in [0.1, 0.15) is 30.0 Å². The van der Waals surface area contributed by atoms with Crippen LogP contribution in [-0.4, -0.2) is 39.7 Å². The first-order valence-electron chi connectivity index (χ1n) is 8.77. The number of carbonyl (C=O) groups excluding carboxylic acids is 2. The number of aryl methyl sites for hydroxylation is 1. The third kappa shape index (κ3) is 4.85. The second-order valence-corrected chi connectivity index (χ2v) is 7.42. The lowest BCUT2D eigenvalue weighted by molar-refractivity contribution is -0.129. The Morgan fingerprint density at radius 3 is 2.81 bits per heavy atom. The predicted molar refractivity (Wildman–Crippen MR) is 105 cm³/mol. The van der Waals surface area contributed by atoms with Crippen LogP contribution >= 0.6 is 11.8 Å². The van der Waals surface area contributed by atoms with Crippen molar-refractivity contribution in [1.82, 2.24) is 9.88 Å². The van der Waals surface area contributed by atoms with Gasteiger partial charge in [-0.25, -0.2) is 0 Å². The summed E-state index contributed by atoms with van der Waals surface area (Å²) in [5.41, 5.74) is 3.02. The van der Waals surface area contributed by atoms with Crippen molar-refractivity contribution >= 4 is 29.3 Å². The Labute approximate surface area is 158 Å². The van der Waals surface area contributed by atoms with Gasteiger partial charge in [0.15, 0.2) is 0 Å². The molecule has 136 valence electrons. The van der Waals surface area contributed by atoms with Crippen LogP contribution in [0, 0.1) is 6.92 Å². The van der Waals surface area contributed by atoms with Gasteiger partial charge in [0.1, 0.15) is 0 Å². The molecule has 1 saturated heterocycles. The van der Waals surface area contributed by atoms with Crippen molar-refractivity contribution in [3.05, 3.63) is 59.9 Å². The molecule has 2 amide bonds. The van der Waals surface area contributed by atoms with Crippen molar-refractivity contribution in [2.24, 2.45) is 0 Å². The lowest BCUT2D eigenvalue weighted by atomic mass is 10.1. The number of carbonyl (C=O) groups is 2. The number of pyridine rings is 1. The predicted octanol–water partition coefficient (Wildman–Crippen LogP) is 3.43. The number of hydrogen-bond acceptors (Lipinski definition) is 4. The molecule has 0 aliphatic carbocycles. The number of amides is 2. The zero-order chi connectivity index (χ0) is 18.4. The molecule has 1 aliphatic heterocycles. The number of anilines is 1. The van der Waals surface area contributed by atoms with E-state index in [-0.39, 0.29) is 23.6 Å². The third-order valence-electron chi connectivity index (χ3n) is 4.42. The molecule has 1 atom stereocenters. The summed E-state index contributed by atoms with van der Waals surface area (Å²) in [6, 6.07) is 11.8. The van der Waals surface area contributed by atoms with E-state index in [4.69, 9.17) is 0 Å². The molecular formula is C20H23N3O2S. The Balaban J connectivity index is 1.47. The van der Waals surface area contributed by atoms with Gasteiger partial charge in [-0.15, -0.1) is 11.8 Å². The van der Waals surface area contributed by atoms with E-state index < -0.39 is 0 Å². The van der Waals surface area contributed by atoms with Gasteiger partial charge < -0.3 is 10.2 Å². The Morgan fingerprint density at radius 1 is 1.23 bits per heavy atom. The van der Waals surface area contributed by atoms with Crippen molar-refractivity contribution in [2.45, 2.75) is 25.8 Å². The summed E-state index contributed by atoms with van der Waals surface area (Å²) in [4.78, 5) is 30.6. The minimum atomic E-state index is -0.0829. The molecule has 0 saturated carbocycles. The van der Waals surface area contributed by atoms with E-state index in [9.17, 15) is 9.59 Å². The first-order chi connectivity index (χ1) is 12.6. The first-order valence-corrected chi connectivity index (χ1v) is 9.92. The molecule has 2 heterocycles. The van der Waals surface area contributed by atoms with E-state index in [1.807, 2.05) is 48.2 Å². The van der Waals surface area contributed by atoms with Gasteiger partial charge >= 0.3 is 0 Å². The number of nitrogens with one attached hydrogen (secondary N) is 1. The van der Waals surface area contributed by atoms with Gasteiger partial charge in [-0.1, -0.05) is 12.1 Å². The molecule has 6 heteroatoms. The maximum Gasteiger partial charge on any atom is 0.234 e.